The fourth-order valence-corrected chi connectivity index (χ4v) is 3.27. The van der Waals surface area contributed by atoms with Gasteiger partial charge in [0.2, 0.25) is 0 Å². The van der Waals surface area contributed by atoms with Crippen LogP contribution in [0.25, 0.3) is 0 Å². The van der Waals surface area contributed by atoms with Crippen LogP contribution in [-0.2, 0) is 16.1 Å². The van der Waals surface area contributed by atoms with Gasteiger partial charge in [-0.3, -0.25) is 9.69 Å². The molecule has 1 N–H and O–H groups in total. The molecule has 2 aromatic carbocycles. The number of carbonyl (C=O) groups is 1. The zero-order chi connectivity index (χ0) is 19.8. The molecule has 1 fully saturated rings. The normalized spacial score (nSPS) is 17.5. The minimum atomic E-state index is -0.128. The Labute approximate surface area is 167 Å². The third kappa shape index (κ3) is 6.36. The van der Waals surface area contributed by atoms with Gasteiger partial charge in [-0.05, 0) is 29.2 Å². The monoisotopic (exact) mass is 382 g/mol. The van der Waals surface area contributed by atoms with E-state index in [2.05, 4.69) is 48.3 Å². The Bertz CT molecular complexity index is 731. The van der Waals surface area contributed by atoms with Crippen molar-refractivity contribution in [1.29, 1.82) is 0 Å². The van der Waals surface area contributed by atoms with Gasteiger partial charge in [-0.2, -0.15) is 0 Å². The molecule has 0 aliphatic carbocycles. The van der Waals surface area contributed by atoms with Crippen LogP contribution in [0.1, 0.15) is 30.9 Å². The summed E-state index contributed by atoms with van der Waals surface area (Å²) >= 11 is 0. The Hall–Kier alpha value is -2.37. The molecule has 28 heavy (non-hydrogen) atoms. The first-order valence-corrected chi connectivity index (χ1v) is 9.97. The standard InChI is InChI=1S/C23H30N2O3/c1-18(2)20-8-10-21(11-9-20)28-17-23(26)24-14-22-16-25(12-13-27-22)15-19-6-4-3-5-7-19/h3-11,18,22H,12-17H2,1-2H3,(H,24,26). The first-order chi connectivity index (χ1) is 13.6. The maximum Gasteiger partial charge on any atom is 0.258 e. The summed E-state index contributed by atoms with van der Waals surface area (Å²) in [5.74, 6) is 1.06. The minimum absolute atomic E-state index is 0.00624. The SMILES string of the molecule is CC(C)c1ccc(OCC(=O)NCC2CN(Cc3ccccc3)CCO2)cc1. The van der Waals surface area contributed by atoms with Crippen molar-refractivity contribution >= 4 is 5.91 Å². The lowest BCUT2D eigenvalue weighted by Crippen LogP contribution is -2.47. The van der Waals surface area contributed by atoms with Crippen molar-refractivity contribution in [1.82, 2.24) is 10.2 Å². The number of hydrogen-bond donors (Lipinski definition) is 1. The van der Waals surface area contributed by atoms with E-state index in [0.29, 0.717) is 24.8 Å². The number of nitrogens with zero attached hydrogens (tertiary/aromatic N) is 1. The summed E-state index contributed by atoms with van der Waals surface area (Å²) in [5, 5.41) is 2.92. The smallest absolute Gasteiger partial charge is 0.258 e. The molecule has 0 bridgehead atoms. The summed E-state index contributed by atoms with van der Waals surface area (Å²) in [4.78, 5) is 14.5. The summed E-state index contributed by atoms with van der Waals surface area (Å²) < 4.78 is 11.4. The van der Waals surface area contributed by atoms with E-state index in [1.54, 1.807) is 0 Å². The molecule has 1 aliphatic heterocycles. The lowest BCUT2D eigenvalue weighted by Gasteiger charge is -2.33. The van der Waals surface area contributed by atoms with Gasteiger partial charge in [0.1, 0.15) is 5.75 Å². The molecule has 0 radical (unpaired) electrons. The molecule has 2 aromatic rings. The van der Waals surface area contributed by atoms with E-state index in [0.717, 1.165) is 19.6 Å². The van der Waals surface area contributed by atoms with Gasteiger partial charge in [-0.15, -0.1) is 0 Å². The Morgan fingerprint density at radius 1 is 1.18 bits per heavy atom. The summed E-state index contributed by atoms with van der Waals surface area (Å²) in [5.41, 5.74) is 2.55. The number of nitrogens with one attached hydrogen (secondary N) is 1. The molecule has 0 saturated carbocycles. The van der Waals surface area contributed by atoms with Crippen molar-refractivity contribution in [2.75, 3.05) is 32.8 Å². The van der Waals surface area contributed by atoms with Crippen LogP contribution >= 0.6 is 0 Å². The molecular formula is C23H30N2O3. The molecule has 3 rings (SSSR count). The van der Waals surface area contributed by atoms with Gasteiger partial charge in [-0.1, -0.05) is 56.3 Å². The van der Waals surface area contributed by atoms with Crippen molar-refractivity contribution in [2.45, 2.75) is 32.4 Å². The van der Waals surface area contributed by atoms with Crippen molar-refractivity contribution in [3.8, 4) is 5.75 Å². The maximum absolute atomic E-state index is 12.1. The average molecular weight is 383 g/mol. The summed E-state index contributed by atoms with van der Waals surface area (Å²) in [6.45, 7) is 8.13. The second-order valence-electron chi connectivity index (χ2n) is 7.53. The van der Waals surface area contributed by atoms with Gasteiger partial charge in [0.05, 0.1) is 12.7 Å². The summed E-state index contributed by atoms with van der Waals surface area (Å²) in [6, 6.07) is 18.3. The van der Waals surface area contributed by atoms with E-state index in [9.17, 15) is 4.79 Å². The van der Waals surface area contributed by atoms with Gasteiger partial charge in [0.15, 0.2) is 6.61 Å². The Kier molecular flexibility index (Phi) is 7.46. The Morgan fingerprint density at radius 2 is 1.93 bits per heavy atom. The third-order valence-electron chi connectivity index (χ3n) is 4.92. The summed E-state index contributed by atoms with van der Waals surface area (Å²) in [7, 11) is 0. The Morgan fingerprint density at radius 3 is 2.64 bits per heavy atom. The van der Waals surface area contributed by atoms with Crippen LogP contribution in [0.3, 0.4) is 0 Å². The molecule has 1 unspecified atom stereocenters. The zero-order valence-corrected chi connectivity index (χ0v) is 16.8. The summed E-state index contributed by atoms with van der Waals surface area (Å²) in [6.07, 6.45) is 0.00624. The molecule has 1 atom stereocenters. The number of hydrogen-bond acceptors (Lipinski definition) is 4. The van der Waals surface area contributed by atoms with Crippen LogP contribution in [0.2, 0.25) is 0 Å². The van der Waals surface area contributed by atoms with E-state index in [4.69, 9.17) is 9.47 Å². The number of rotatable bonds is 8. The predicted octanol–water partition coefficient (Wildman–Crippen LogP) is 3.21. The van der Waals surface area contributed by atoms with Gasteiger partial charge in [-0.25, -0.2) is 0 Å². The molecule has 1 heterocycles. The number of amides is 1. The largest absolute Gasteiger partial charge is 0.484 e. The molecule has 1 saturated heterocycles. The van der Waals surface area contributed by atoms with E-state index < -0.39 is 0 Å². The molecule has 5 nitrogen and oxygen atoms in total. The Balaban J connectivity index is 1.37. The van der Waals surface area contributed by atoms with E-state index in [1.807, 2.05) is 30.3 Å². The lowest BCUT2D eigenvalue weighted by atomic mass is 10.0. The quantitative estimate of drug-likeness (QED) is 0.762. The molecule has 1 amide bonds. The first kappa shape index (κ1) is 20.4. The molecule has 0 spiro atoms. The first-order valence-electron chi connectivity index (χ1n) is 9.97. The van der Waals surface area contributed by atoms with E-state index >= 15 is 0 Å². The highest BCUT2D eigenvalue weighted by molar-refractivity contribution is 5.77. The van der Waals surface area contributed by atoms with Crippen molar-refractivity contribution in [2.24, 2.45) is 0 Å². The second-order valence-corrected chi connectivity index (χ2v) is 7.53. The van der Waals surface area contributed by atoms with Crippen LogP contribution in [0.5, 0.6) is 5.75 Å². The average Bonchev–Trinajstić information content (AvgIpc) is 2.72. The fourth-order valence-electron chi connectivity index (χ4n) is 3.27. The highest BCUT2D eigenvalue weighted by atomic mass is 16.5. The van der Waals surface area contributed by atoms with Crippen molar-refractivity contribution < 1.29 is 14.3 Å². The molecule has 150 valence electrons. The predicted molar refractivity (Wildman–Crippen MR) is 110 cm³/mol. The van der Waals surface area contributed by atoms with Crippen LogP contribution in [0.15, 0.2) is 54.6 Å². The van der Waals surface area contributed by atoms with Crippen LogP contribution in [0, 0.1) is 0 Å². The fraction of sp³-hybridized carbons (Fsp3) is 0.435. The van der Waals surface area contributed by atoms with E-state index in [1.165, 1.54) is 11.1 Å². The molecule has 1 aliphatic rings. The van der Waals surface area contributed by atoms with Gasteiger partial charge >= 0.3 is 0 Å². The molecule has 0 aromatic heterocycles. The molecular weight excluding hydrogens is 352 g/mol. The van der Waals surface area contributed by atoms with Crippen LogP contribution < -0.4 is 10.1 Å². The van der Waals surface area contributed by atoms with Crippen LogP contribution in [0.4, 0.5) is 0 Å². The van der Waals surface area contributed by atoms with Gasteiger partial charge in [0, 0.05) is 26.2 Å². The number of ether oxygens (including phenoxy) is 2. The number of morpholine rings is 1. The van der Waals surface area contributed by atoms with Gasteiger partial charge in [0.25, 0.3) is 5.91 Å². The van der Waals surface area contributed by atoms with Crippen molar-refractivity contribution in [3.05, 3.63) is 65.7 Å². The minimum Gasteiger partial charge on any atom is -0.484 e. The van der Waals surface area contributed by atoms with E-state index in [-0.39, 0.29) is 18.6 Å². The molecule has 5 heteroatoms. The lowest BCUT2D eigenvalue weighted by molar-refractivity contribution is -0.124. The maximum atomic E-state index is 12.1. The second kappa shape index (κ2) is 10.2. The van der Waals surface area contributed by atoms with Crippen molar-refractivity contribution in [3.63, 3.8) is 0 Å². The highest BCUT2D eigenvalue weighted by Gasteiger charge is 2.21. The van der Waals surface area contributed by atoms with Crippen LogP contribution in [-0.4, -0.2) is 49.8 Å². The topological polar surface area (TPSA) is 50.8 Å². The number of benzene rings is 2. The highest BCUT2D eigenvalue weighted by Crippen LogP contribution is 2.18. The third-order valence-corrected chi connectivity index (χ3v) is 4.92. The van der Waals surface area contributed by atoms with Gasteiger partial charge < -0.3 is 14.8 Å². The number of carbonyl (C=O) groups excluding carboxylic acids is 1. The zero-order valence-electron chi connectivity index (χ0n) is 16.8.